The monoisotopic (exact) mass is 340 g/mol. The van der Waals surface area contributed by atoms with Crippen LogP contribution in [0.4, 0.5) is 0 Å². The smallest absolute Gasteiger partial charge is 0.243 e. The molecule has 0 aliphatic heterocycles. The van der Waals surface area contributed by atoms with Crippen LogP contribution in [-0.4, -0.2) is 36.3 Å². The molecule has 1 aliphatic rings. The van der Waals surface area contributed by atoms with Gasteiger partial charge in [-0.1, -0.05) is 26.7 Å². The van der Waals surface area contributed by atoms with Gasteiger partial charge in [-0.15, -0.1) is 0 Å². The van der Waals surface area contributed by atoms with Crippen molar-refractivity contribution in [3.8, 4) is 0 Å². The lowest BCUT2D eigenvalue weighted by Crippen LogP contribution is -2.54. The Kier molecular flexibility index (Phi) is 8.74. The maximum Gasteiger partial charge on any atom is 0.243 e. The van der Waals surface area contributed by atoms with Crippen LogP contribution in [0.15, 0.2) is 0 Å². The summed E-state index contributed by atoms with van der Waals surface area (Å²) in [4.78, 5) is 36.4. The van der Waals surface area contributed by atoms with Crippen LogP contribution in [0.25, 0.3) is 0 Å². The maximum absolute atomic E-state index is 12.5. The highest BCUT2D eigenvalue weighted by molar-refractivity contribution is 5.92. The molecule has 0 aromatic rings. The highest BCUT2D eigenvalue weighted by atomic mass is 16.2. The minimum Gasteiger partial charge on any atom is -0.368 e. The van der Waals surface area contributed by atoms with E-state index in [1.807, 2.05) is 13.8 Å². The highest BCUT2D eigenvalue weighted by Gasteiger charge is 2.29. The van der Waals surface area contributed by atoms with Crippen molar-refractivity contribution < 1.29 is 14.4 Å². The number of carbonyl (C=O) groups is 3. The largest absolute Gasteiger partial charge is 0.368 e. The highest BCUT2D eigenvalue weighted by Crippen LogP contribution is 2.24. The van der Waals surface area contributed by atoms with Gasteiger partial charge in [-0.2, -0.15) is 0 Å². The molecule has 0 spiro atoms. The van der Waals surface area contributed by atoms with Crippen LogP contribution in [0, 0.1) is 11.8 Å². The first-order valence-electron chi connectivity index (χ1n) is 8.95. The summed E-state index contributed by atoms with van der Waals surface area (Å²) in [5, 5.41) is 5.52. The molecule has 7 heteroatoms. The van der Waals surface area contributed by atoms with Crippen molar-refractivity contribution in [2.75, 3.05) is 6.54 Å². The van der Waals surface area contributed by atoms with E-state index in [0.717, 1.165) is 25.7 Å². The molecular formula is C17H32N4O3. The summed E-state index contributed by atoms with van der Waals surface area (Å²) < 4.78 is 0. The Morgan fingerprint density at radius 3 is 2.21 bits per heavy atom. The van der Waals surface area contributed by atoms with Crippen molar-refractivity contribution in [2.45, 2.75) is 70.9 Å². The number of nitrogens with two attached hydrogens (primary N) is 2. The van der Waals surface area contributed by atoms with E-state index >= 15 is 0 Å². The Bertz CT molecular complexity index is 434. The molecule has 0 aromatic heterocycles. The Hall–Kier alpha value is -1.63. The van der Waals surface area contributed by atoms with Gasteiger partial charge in [-0.3, -0.25) is 14.4 Å². The number of hydrogen-bond donors (Lipinski definition) is 4. The zero-order valence-corrected chi connectivity index (χ0v) is 14.8. The molecule has 0 bridgehead atoms. The van der Waals surface area contributed by atoms with Crippen LogP contribution in [0.2, 0.25) is 0 Å². The fourth-order valence-electron chi connectivity index (χ4n) is 3.06. The molecule has 3 amide bonds. The molecule has 24 heavy (non-hydrogen) atoms. The number of rotatable bonds is 10. The van der Waals surface area contributed by atoms with Gasteiger partial charge in [0.25, 0.3) is 0 Å². The number of hydrogen-bond acceptors (Lipinski definition) is 4. The number of nitrogens with one attached hydrogen (secondary N) is 2. The van der Waals surface area contributed by atoms with Gasteiger partial charge in [0.05, 0.1) is 0 Å². The molecule has 6 N–H and O–H groups in total. The van der Waals surface area contributed by atoms with Crippen LogP contribution in [-0.2, 0) is 14.4 Å². The fourth-order valence-corrected chi connectivity index (χ4v) is 3.06. The van der Waals surface area contributed by atoms with Crippen molar-refractivity contribution in [1.82, 2.24) is 10.6 Å². The summed E-state index contributed by atoms with van der Waals surface area (Å²) in [6.07, 6.45) is 5.39. The van der Waals surface area contributed by atoms with Gasteiger partial charge in [0.2, 0.25) is 17.7 Å². The third-order valence-electron chi connectivity index (χ3n) is 4.42. The minimum absolute atomic E-state index is 0.0132. The van der Waals surface area contributed by atoms with Crippen molar-refractivity contribution in [3.63, 3.8) is 0 Å². The summed E-state index contributed by atoms with van der Waals surface area (Å²) >= 11 is 0. The quantitative estimate of drug-likeness (QED) is 0.459. The zero-order chi connectivity index (χ0) is 18.1. The summed E-state index contributed by atoms with van der Waals surface area (Å²) in [5.74, 6) is -0.792. The van der Waals surface area contributed by atoms with Gasteiger partial charge in [0, 0.05) is 5.92 Å². The molecular weight excluding hydrogens is 308 g/mol. The molecule has 0 heterocycles. The van der Waals surface area contributed by atoms with Crippen LogP contribution >= 0.6 is 0 Å². The number of carbonyl (C=O) groups excluding carboxylic acids is 3. The van der Waals surface area contributed by atoms with E-state index in [1.54, 1.807) is 0 Å². The Labute approximate surface area is 144 Å². The van der Waals surface area contributed by atoms with Crippen molar-refractivity contribution in [3.05, 3.63) is 0 Å². The molecule has 1 saturated carbocycles. The standard InChI is InChI=1S/C17H32N4O3/c1-11(2)10-14(15(19)22)21-17(24)13(8-5-9-18)20-16(23)12-6-3-4-7-12/h11-14H,3-10,18H2,1-2H3,(H2,19,22)(H,20,23)(H,21,24). The van der Waals surface area contributed by atoms with E-state index in [2.05, 4.69) is 10.6 Å². The lowest BCUT2D eigenvalue weighted by Gasteiger charge is -2.24. The fraction of sp³-hybridized carbons (Fsp3) is 0.824. The van der Waals surface area contributed by atoms with Gasteiger partial charge in [0.15, 0.2) is 0 Å². The van der Waals surface area contributed by atoms with E-state index in [-0.39, 0.29) is 23.7 Å². The minimum atomic E-state index is -0.721. The SMILES string of the molecule is CC(C)CC(NC(=O)C(CCCN)NC(=O)C1CCCC1)C(N)=O. The average Bonchev–Trinajstić information content (AvgIpc) is 3.04. The second kappa shape index (κ2) is 10.3. The summed E-state index contributed by atoms with van der Waals surface area (Å²) in [6.45, 7) is 4.35. The number of primary amides is 1. The first kappa shape index (κ1) is 20.4. The van der Waals surface area contributed by atoms with Crippen molar-refractivity contribution in [2.24, 2.45) is 23.3 Å². The van der Waals surface area contributed by atoms with Crippen molar-refractivity contribution in [1.29, 1.82) is 0 Å². The van der Waals surface area contributed by atoms with Crippen LogP contribution in [0.3, 0.4) is 0 Å². The van der Waals surface area contributed by atoms with E-state index in [4.69, 9.17) is 11.5 Å². The molecule has 138 valence electrons. The van der Waals surface area contributed by atoms with E-state index < -0.39 is 18.0 Å². The predicted molar refractivity (Wildman–Crippen MR) is 92.8 cm³/mol. The molecule has 1 rings (SSSR count). The second-order valence-electron chi connectivity index (χ2n) is 7.07. The van der Waals surface area contributed by atoms with Gasteiger partial charge in [-0.05, 0) is 44.6 Å². The Morgan fingerprint density at radius 2 is 1.71 bits per heavy atom. The van der Waals surface area contributed by atoms with Gasteiger partial charge in [0.1, 0.15) is 12.1 Å². The summed E-state index contributed by atoms with van der Waals surface area (Å²) in [5.41, 5.74) is 10.9. The first-order chi connectivity index (χ1) is 11.3. The van der Waals surface area contributed by atoms with Gasteiger partial charge in [-0.25, -0.2) is 0 Å². The van der Waals surface area contributed by atoms with Gasteiger partial charge < -0.3 is 22.1 Å². The third-order valence-corrected chi connectivity index (χ3v) is 4.42. The summed E-state index contributed by atoms with van der Waals surface area (Å²) in [7, 11) is 0. The maximum atomic E-state index is 12.5. The molecule has 2 unspecified atom stereocenters. The molecule has 0 aromatic carbocycles. The molecule has 1 fully saturated rings. The average molecular weight is 340 g/mol. The van der Waals surface area contributed by atoms with E-state index in [9.17, 15) is 14.4 Å². The molecule has 2 atom stereocenters. The Balaban J connectivity index is 2.68. The first-order valence-corrected chi connectivity index (χ1v) is 8.95. The van der Waals surface area contributed by atoms with E-state index in [1.165, 1.54) is 0 Å². The predicted octanol–water partition coefficient (Wildman–Crippen LogP) is 0.417. The summed E-state index contributed by atoms with van der Waals surface area (Å²) in [6, 6.07) is -1.39. The van der Waals surface area contributed by atoms with Crippen molar-refractivity contribution >= 4 is 17.7 Å². The molecule has 7 nitrogen and oxygen atoms in total. The molecule has 1 aliphatic carbocycles. The topological polar surface area (TPSA) is 127 Å². The van der Waals surface area contributed by atoms with Crippen LogP contribution in [0.1, 0.15) is 58.8 Å². The lowest BCUT2D eigenvalue weighted by atomic mass is 10.0. The van der Waals surface area contributed by atoms with Crippen LogP contribution < -0.4 is 22.1 Å². The van der Waals surface area contributed by atoms with E-state index in [0.29, 0.717) is 25.8 Å². The lowest BCUT2D eigenvalue weighted by molar-refractivity contribution is -0.133. The van der Waals surface area contributed by atoms with Gasteiger partial charge >= 0.3 is 0 Å². The normalized spacial score (nSPS) is 17.5. The Morgan fingerprint density at radius 1 is 1.08 bits per heavy atom. The van der Waals surface area contributed by atoms with Crippen LogP contribution in [0.5, 0.6) is 0 Å². The molecule has 0 radical (unpaired) electrons. The second-order valence-corrected chi connectivity index (χ2v) is 7.07. The number of amides is 3. The zero-order valence-electron chi connectivity index (χ0n) is 14.8. The molecule has 0 saturated heterocycles. The third kappa shape index (κ3) is 6.86.